The molecular weight excluding hydrogens is 246 g/mol. The van der Waals surface area contributed by atoms with Gasteiger partial charge in [0.15, 0.2) is 0 Å². The zero-order chi connectivity index (χ0) is 14.0. The summed E-state index contributed by atoms with van der Waals surface area (Å²) in [5, 5.41) is 8.96. The minimum atomic E-state index is -0.996. The molecule has 1 aliphatic rings. The van der Waals surface area contributed by atoms with Crippen molar-refractivity contribution in [2.75, 3.05) is 6.54 Å². The molecule has 1 aliphatic heterocycles. The molecule has 0 aliphatic carbocycles. The van der Waals surface area contributed by atoms with Gasteiger partial charge in [-0.2, -0.15) is 0 Å². The molecule has 1 aromatic heterocycles. The number of rotatable bonds is 5. The molecule has 1 saturated heterocycles. The molecule has 0 aromatic carbocycles. The quantitative estimate of drug-likeness (QED) is 0.887. The molecular formula is C14H19NO4. The zero-order valence-electron chi connectivity index (χ0n) is 11.3. The topological polar surface area (TPSA) is 70.8 Å². The van der Waals surface area contributed by atoms with E-state index >= 15 is 0 Å². The number of carboxylic acids is 1. The van der Waals surface area contributed by atoms with Gasteiger partial charge in [-0.25, -0.2) is 4.79 Å². The zero-order valence-corrected chi connectivity index (χ0v) is 11.3. The van der Waals surface area contributed by atoms with Crippen LogP contribution >= 0.6 is 0 Å². The first kappa shape index (κ1) is 13.6. The highest BCUT2D eigenvalue weighted by Gasteiger charge is 2.29. The molecule has 19 heavy (non-hydrogen) atoms. The number of amides is 1. The molecule has 2 heterocycles. The summed E-state index contributed by atoms with van der Waals surface area (Å²) in [5.74, 6) is 0.487. The Balaban J connectivity index is 2.03. The first-order valence-electron chi connectivity index (χ1n) is 6.61. The molecule has 1 aromatic rings. The van der Waals surface area contributed by atoms with E-state index in [4.69, 9.17) is 9.52 Å². The van der Waals surface area contributed by atoms with E-state index in [1.54, 1.807) is 11.8 Å². The molecule has 104 valence electrons. The van der Waals surface area contributed by atoms with Gasteiger partial charge in [0.1, 0.15) is 17.1 Å². The fourth-order valence-electron chi connectivity index (χ4n) is 2.63. The third-order valence-electron chi connectivity index (χ3n) is 3.54. The molecule has 5 nitrogen and oxygen atoms in total. The normalized spacial score (nSPS) is 19.2. The molecule has 2 rings (SSSR count). The predicted octanol–water partition coefficient (Wildman–Crippen LogP) is 2.43. The molecule has 0 bridgehead atoms. The SMILES string of the molecule is CCCC1CC(=O)N(Cc2cc(C(=O)O)c(C)o2)C1. The minimum Gasteiger partial charge on any atom is -0.478 e. The van der Waals surface area contributed by atoms with Crippen LogP contribution in [-0.2, 0) is 11.3 Å². The lowest BCUT2D eigenvalue weighted by Crippen LogP contribution is -2.24. The Morgan fingerprint density at radius 1 is 1.58 bits per heavy atom. The molecule has 0 spiro atoms. The van der Waals surface area contributed by atoms with Crippen molar-refractivity contribution in [1.82, 2.24) is 4.90 Å². The summed E-state index contributed by atoms with van der Waals surface area (Å²) in [6.45, 7) is 4.85. The van der Waals surface area contributed by atoms with E-state index in [9.17, 15) is 9.59 Å². The molecule has 1 amide bonds. The number of aromatic carboxylic acids is 1. The Kier molecular flexibility index (Phi) is 3.93. The predicted molar refractivity (Wildman–Crippen MR) is 68.8 cm³/mol. The Morgan fingerprint density at radius 3 is 2.89 bits per heavy atom. The number of carboxylic acid groups (broad SMARTS) is 1. The molecule has 0 saturated carbocycles. The van der Waals surface area contributed by atoms with Gasteiger partial charge in [0.05, 0.1) is 6.54 Å². The summed E-state index contributed by atoms with van der Waals surface area (Å²) < 4.78 is 5.41. The second-order valence-electron chi connectivity index (χ2n) is 5.12. The second-order valence-corrected chi connectivity index (χ2v) is 5.12. The highest BCUT2D eigenvalue weighted by molar-refractivity contribution is 5.88. The van der Waals surface area contributed by atoms with Gasteiger partial charge in [-0.1, -0.05) is 13.3 Å². The van der Waals surface area contributed by atoms with Crippen molar-refractivity contribution in [2.24, 2.45) is 5.92 Å². The number of aryl methyl sites for hydroxylation is 1. The molecule has 5 heteroatoms. The Morgan fingerprint density at radius 2 is 2.32 bits per heavy atom. The van der Waals surface area contributed by atoms with Crippen LogP contribution in [0.5, 0.6) is 0 Å². The van der Waals surface area contributed by atoms with Gasteiger partial charge in [0, 0.05) is 13.0 Å². The van der Waals surface area contributed by atoms with E-state index < -0.39 is 5.97 Å². The van der Waals surface area contributed by atoms with Crippen LogP contribution in [0.4, 0.5) is 0 Å². The highest BCUT2D eigenvalue weighted by Crippen LogP contribution is 2.25. The number of carbonyl (C=O) groups is 2. The standard InChI is InChI=1S/C14H19NO4/c1-3-4-10-5-13(16)15(7-10)8-11-6-12(14(17)18)9(2)19-11/h6,10H,3-5,7-8H2,1-2H3,(H,17,18). The summed E-state index contributed by atoms with van der Waals surface area (Å²) in [6.07, 6.45) is 2.73. The monoisotopic (exact) mass is 265 g/mol. The van der Waals surface area contributed by atoms with E-state index in [0.29, 0.717) is 30.4 Å². The minimum absolute atomic E-state index is 0.129. The number of hydrogen-bond donors (Lipinski definition) is 1. The average Bonchev–Trinajstić information content (AvgIpc) is 2.84. The van der Waals surface area contributed by atoms with Crippen molar-refractivity contribution in [2.45, 2.75) is 39.7 Å². The smallest absolute Gasteiger partial charge is 0.339 e. The fourth-order valence-corrected chi connectivity index (χ4v) is 2.63. The van der Waals surface area contributed by atoms with Gasteiger partial charge < -0.3 is 14.4 Å². The number of carbonyl (C=O) groups excluding carboxylic acids is 1. The van der Waals surface area contributed by atoms with E-state index in [0.717, 1.165) is 19.4 Å². The van der Waals surface area contributed by atoms with Crippen molar-refractivity contribution in [3.05, 3.63) is 23.2 Å². The largest absolute Gasteiger partial charge is 0.478 e. The van der Waals surface area contributed by atoms with E-state index in [1.807, 2.05) is 0 Å². The summed E-state index contributed by atoms with van der Waals surface area (Å²) >= 11 is 0. The molecule has 1 N–H and O–H groups in total. The third kappa shape index (κ3) is 2.97. The molecule has 1 unspecified atom stereocenters. The number of furan rings is 1. The van der Waals surface area contributed by atoms with Crippen LogP contribution in [0.2, 0.25) is 0 Å². The first-order chi connectivity index (χ1) is 9.01. The maximum absolute atomic E-state index is 11.9. The van der Waals surface area contributed by atoms with E-state index in [-0.39, 0.29) is 11.5 Å². The van der Waals surface area contributed by atoms with Crippen LogP contribution in [-0.4, -0.2) is 28.4 Å². The summed E-state index contributed by atoms with van der Waals surface area (Å²) in [6, 6.07) is 1.51. The number of likely N-dealkylation sites (tertiary alicyclic amines) is 1. The summed E-state index contributed by atoms with van der Waals surface area (Å²) in [4.78, 5) is 24.5. The Labute approximate surface area is 112 Å². The fraction of sp³-hybridized carbons (Fsp3) is 0.571. The first-order valence-corrected chi connectivity index (χ1v) is 6.61. The summed E-state index contributed by atoms with van der Waals surface area (Å²) in [7, 11) is 0. The lowest BCUT2D eigenvalue weighted by atomic mass is 10.0. The van der Waals surface area contributed by atoms with Crippen LogP contribution in [0.3, 0.4) is 0 Å². The molecule has 1 fully saturated rings. The number of nitrogens with zero attached hydrogens (tertiary/aromatic N) is 1. The van der Waals surface area contributed by atoms with E-state index in [1.165, 1.54) is 6.07 Å². The Bertz CT molecular complexity index is 492. The highest BCUT2D eigenvalue weighted by atomic mass is 16.4. The van der Waals surface area contributed by atoms with Gasteiger partial charge >= 0.3 is 5.97 Å². The van der Waals surface area contributed by atoms with Gasteiger partial charge in [-0.3, -0.25) is 4.79 Å². The van der Waals surface area contributed by atoms with Gasteiger partial charge in [-0.05, 0) is 25.3 Å². The number of hydrogen-bond acceptors (Lipinski definition) is 3. The third-order valence-corrected chi connectivity index (χ3v) is 3.54. The van der Waals surface area contributed by atoms with Crippen LogP contribution in [0.15, 0.2) is 10.5 Å². The van der Waals surface area contributed by atoms with E-state index in [2.05, 4.69) is 6.92 Å². The van der Waals surface area contributed by atoms with Gasteiger partial charge in [0.2, 0.25) is 5.91 Å². The van der Waals surface area contributed by atoms with Crippen molar-refractivity contribution >= 4 is 11.9 Å². The summed E-state index contributed by atoms with van der Waals surface area (Å²) in [5.41, 5.74) is 0.173. The van der Waals surface area contributed by atoms with Crippen molar-refractivity contribution in [3.8, 4) is 0 Å². The Hall–Kier alpha value is -1.78. The van der Waals surface area contributed by atoms with Crippen LogP contribution in [0.1, 0.15) is 48.1 Å². The van der Waals surface area contributed by atoms with Crippen LogP contribution in [0.25, 0.3) is 0 Å². The van der Waals surface area contributed by atoms with Gasteiger partial charge in [0.25, 0.3) is 0 Å². The maximum Gasteiger partial charge on any atom is 0.339 e. The van der Waals surface area contributed by atoms with Crippen molar-refractivity contribution in [1.29, 1.82) is 0 Å². The van der Waals surface area contributed by atoms with Crippen molar-refractivity contribution in [3.63, 3.8) is 0 Å². The average molecular weight is 265 g/mol. The lowest BCUT2D eigenvalue weighted by Gasteiger charge is -2.14. The van der Waals surface area contributed by atoms with Crippen LogP contribution < -0.4 is 0 Å². The van der Waals surface area contributed by atoms with Crippen molar-refractivity contribution < 1.29 is 19.1 Å². The van der Waals surface area contributed by atoms with Crippen LogP contribution in [0, 0.1) is 12.8 Å². The van der Waals surface area contributed by atoms with Gasteiger partial charge in [-0.15, -0.1) is 0 Å². The lowest BCUT2D eigenvalue weighted by molar-refractivity contribution is -0.128. The molecule has 1 atom stereocenters. The maximum atomic E-state index is 11.9. The second kappa shape index (κ2) is 5.47. The molecule has 0 radical (unpaired) electrons.